The zero-order chi connectivity index (χ0) is 15.0. The van der Waals surface area contributed by atoms with E-state index in [1.807, 2.05) is 0 Å². The molecule has 0 radical (unpaired) electrons. The summed E-state index contributed by atoms with van der Waals surface area (Å²) in [5.41, 5.74) is 5.74. The highest BCUT2D eigenvalue weighted by atomic mass is 19.1. The quantitative estimate of drug-likeness (QED) is 0.588. The fourth-order valence-electron chi connectivity index (χ4n) is 2.49. The van der Waals surface area contributed by atoms with Crippen LogP contribution in [0.25, 0.3) is 0 Å². The van der Waals surface area contributed by atoms with Crippen molar-refractivity contribution in [1.29, 1.82) is 0 Å². The van der Waals surface area contributed by atoms with Gasteiger partial charge >= 0.3 is 5.97 Å². The molecule has 0 aliphatic carbocycles. The van der Waals surface area contributed by atoms with Crippen LogP contribution in [0.4, 0.5) is 4.39 Å². The number of esters is 1. The number of rotatable bonds is 8. The van der Waals surface area contributed by atoms with Crippen molar-refractivity contribution in [3.8, 4) is 0 Å². The van der Waals surface area contributed by atoms with E-state index in [2.05, 4.69) is 6.92 Å². The minimum absolute atomic E-state index is 0.164. The zero-order valence-corrected chi connectivity index (χ0v) is 12.3. The first-order valence-corrected chi connectivity index (χ1v) is 7.15. The molecule has 0 spiro atoms. The van der Waals surface area contributed by atoms with Crippen LogP contribution in [0.3, 0.4) is 0 Å². The molecule has 1 unspecified atom stereocenters. The van der Waals surface area contributed by atoms with Crippen LogP contribution < -0.4 is 5.73 Å². The largest absolute Gasteiger partial charge is 0.468 e. The minimum Gasteiger partial charge on any atom is -0.468 e. The first-order valence-electron chi connectivity index (χ1n) is 7.15. The summed E-state index contributed by atoms with van der Waals surface area (Å²) in [5.74, 6) is -0.668. The molecule has 0 aromatic heterocycles. The Balaban J connectivity index is 2.98. The van der Waals surface area contributed by atoms with Crippen molar-refractivity contribution in [1.82, 2.24) is 0 Å². The molecule has 0 amide bonds. The van der Waals surface area contributed by atoms with Crippen molar-refractivity contribution in [3.63, 3.8) is 0 Å². The van der Waals surface area contributed by atoms with Gasteiger partial charge in [-0.25, -0.2) is 4.39 Å². The minimum atomic E-state index is -0.865. The molecule has 1 aromatic carbocycles. The predicted molar refractivity (Wildman–Crippen MR) is 77.9 cm³/mol. The van der Waals surface area contributed by atoms with Crippen molar-refractivity contribution in [2.45, 2.75) is 44.4 Å². The Kier molecular flexibility index (Phi) is 6.65. The fraction of sp³-hybridized carbons (Fsp3) is 0.562. The second-order valence-corrected chi connectivity index (χ2v) is 5.10. The number of nitrogens with two attached hydrogens (primary N) is 1. The fourth-order valence-corrected chi connectivity index (χ4v) is 2.49. The molecule has 0 saturated heterocycles. The lowest BCUT2D eigenvalue weighted by molar-refractivity contribution is -0.147. The predicted octanol–water partition coefficient (Wildman–Crippen LogP) is 3.17. The molecule has 20 heavy (non-hydrogen) atoms. The summed E-state index contributed by atoms with van der Waals surface area (Å²) in [7, 11) is 1.36. The monoisotopic (exact) mass is 281 g/mol. The summed E-state index contributed by atoms with van der Waals surface area (Å²) in [4.78, 5) is 12.2. The van der Waals surface area contributed by atoms with Crippen LogP contribution in [0.5, 0.6) is 0 Å². The number of hydrogen-bond acceptors (Lipinski definition) is 3. The number of benzene rings is 1. The SMILES string of the molecule is CCCCCCC(CN)(C(=O)OC)c1ccc(F)cc1. The zero-order valence-electron chi connectivity index (χ0n) is 12.3. The van der Waals surface area contributed by atoms with Gasteiger partial charge < -0.3 is 10.5 Å². The van der Waals surface area contributed by atoms with E-state index in [1.54, 1.807) is 12.1 Å². The molecular formula is C16H24FNO2. The van der Waals surface area contributed by atoms with E-state index in [-0.39, 0.29) is 18.3 Å². The third kappa shape index (κ3) is 3.79. The smallest absolute Gasteiger partial charge is 0.317 e. The molecule has 0 saturated carbocycles. The highest BCUT2D eigenvalue weighted by Crippen LogP contribution is 2.31. The number of halogens is 1. The molecule has 3 nitrogen and oxygen atoms in total. The summed E-state index contributed by atoms with van der Waals surface area (Å²) < 4.78 is 18.0. The molecule has 112 valence electrons. The molecule has 0 aliphatic heterocycles. The molecule has 1 atom stereocenters. The summed E-state index contributed by atoms with van der Waals surface area (Å²) in [6, 6.07) is 5.96. The van der Waals surface area contributed by atoms with Crippen LogP contribution in [0.1, 0.15) is 44.6 Å². The number of carbonyl (C=O) groups is 1. The normalized spacial score (nSPS) is 13.8. The van der Waals surface area contributed by atoms with Gasteiger partial charge in [0.15, 0.2) is 0 Å². The third-order valence-corrected chi connectivity index (χ3v) is 3.78. The first-order chi connectivity index (χ1) is 9.60. The van der Waals surface area contributed by atoms with Crippen molar-refractivity contribution in [3.05, 3.63) is 35.6 Å². The van der Waals surface area contributed by atoms with E-state index in [9.17, 15) is 9.18 Å². The topological polar surface area (TPSA) is 52.3 Å². The van der Waals surface area contributed by atoms with Gasteiger partial charge in [-0.15, -0.1) is 0 Å². The number of unbranched alkanes of at least 4 members (excludes halogenated alkanes) is 3. The Morgan fingerprint density at radius 1 is 1.25 bits per heavy atom. The Hall–Kier alpha value is -1.42. The van der Waals surface area contributed by atoms with Crippen LogP contribution in [0, 0.1) is 5.82 Å². The van der Waals surface area contributed by atoms with Crippen LogP contribution in [-0.2, 0) is 14.9 Å². The molecule has 1 rings (SSSR count). The summed E-state index contributed by atoms with van der Waals surface area (Å²) in [6.45, 7) is 2.30. The summed E-state index contributed by atoms with van der Waals surface area (Å²) >= 11 is 0. The lowest BCUT2D eigenvalue weighted by Crippen LogP contribution is -2.43. The van der Waals surface area contributed by atoms with Crippen molar-refractivity contribution < 1.29 is 13.9 Å². The maximum Gasteiger partial charge on any atom is 0.317 e. The molecule has 1 aromatic rings. The maximum atomic E-state index is 13.1. The number of ether oxygens (including phenoxy) is 1. The second kappa shape index (κ2) is 8.00. The maximum absolute atomic E-state index is 13.1. The Bertz CT molecular complexity index is 419. The van der Waals surface area contributed by atoms with E-state index in [4.69, 9.17) is 10.5 Å². The molecule has 0 bridgehead atoms. The van der Waals surface area contributed by atoms with Crippen LogP contribution in [0.2, 0.25) is 0 Å². The van der Waals surface area contributed by atoms with Gasteiger partial charge in [0.1, 0.15) is 11.2 Å². The Morgan fingerprint density at radius 3 is 2.40 bits per heavy atom. The van der Waals surface area contributed by atoms with Gasteiger partial charge in [0.25, 0.3) is 0 Å². The van der Waals surface area contributed by atoms with E-state index in [1.165, 1.54) is 19.2 Å². The highest BCUT2D eigenvalue weighted by Gasteiger charge is 2.39. The van der Waals surface area contributed by atoms with Gasteiger partial charge in [-0.2, -0.15) is 0 Å². The van der Waals surface area contributed by atoms with Crippen molar-refractivity contribution in [2.75, 3.05) is 13.7 Å². The van der Waals surface area contributed by atoms with Crippen molar-refractivity contribution >= 4 is 5.97 Å². The molecular weight excluding hydrogens is 257 g/mol. The van der Waals surface area contributed by atoms with Gasteiger partial charge in [-0.3, -0.25) is 4.79 Å². The van der Waals surface area contributed by atoms with Gasteiger partial charge in [0, 0.05) is 6.54 Å². The summed E-state index contributed by atoms with van der Waals surface area (Å²) in [6.07, 6.45) is 4.84. The third-order valence-electron chi connectivity index (χ3n) is 3.78. The summed E-state index contributed by atoms with van der Waals surface area (Å²) in [5, 5.41) is 0. The van der Waals surface area contributed by atoms with Crippen molar-refractivity contribution in [2.24, 2.45) is 5.73 Å². The first kappa shape index (κ1) is 16.6. The molecule has 0 fully saturated rings. The average molecular weight is 281 g/mol. The van der Waals surface area contributed by atoms with Gasteiger partial charge in [-0.1, -0.05) is 44.7 Å². The average Bonchev–Trinajstić information content (AvgIpc) is 2.48. The molecule has 0 aliphatic rings. The van der Waals surface area contributed by atoms with Gasteiger partial charge in [-0.05, 0) is 24.1 Å². The number of hydrogen-bond donors (Lipinski definition) is 1. The molecule has 0 heterocycles. The Morgan fingerprint density at radius 2 is 1.90 bits per heavy atom. The van der Waals surface area contributed by atoms with E-state index < -0.39 is 5.41 Å². The second-order valence-electron chi connectivity index (χ2n) is 5.10. The van der Waals surface area contributed by atoms with Crippen LogP contribution in [-0.4, -0.2) is 19.6 Å². The lowest BCUT2D eigenvalue weighted by atomic mass is 9.76. The van der Waals surface area contributed by atoms with Crippen LogP contribution in [0.15, 0.2) is 24.3 Å². The molecule has 4 heteroatoms. The molecule has 2 N–H and O–H groups in total. The van der Waals surface area contributed by atoms with E-state index in [0.717, 1.165) is 31.2 Å². The van der Waals surface area contributed by atoms with Gasteiger partial charge in [0.05, 0.1) is 7.11 Å². The highest BCUT2D eigenvalue weighted by molar-refractivity contribution is 5.83. The van der Waals surface area contributed by atoms with Crippen LogP contribution >= 0.6 is 0 Å². The lowest BCUT2D eigenvalue weighted by Gasteiger charge is -2.30. The van der Waals surface area contributed by atoms with E-state index >= 15 is 0 Å². The standard InChI is InChI=1S/C16H24FNO2/c1-3-4-5-6-11-16(12-18,15(19)20-2)13-7-9-14(17)10-8-13/h7-10H,3-6,11-12,18H2,1-2H3. The number of methoxy groups -OCH3 is 1. The Labute approximate surface area is 120 Å². The number of carbonyl (C=O) groups excluding carboxylic acids is 1. The van der Waals surface area contributed by atoms with Gasteiger partial charge in [0.2, 0.25) is 0 Å². The van der Waals surface area contributed by atoms with E-state index in [0.29, 0.717) is 6.42 Å².